The maximum Gasteiger partial charge on any atom is 0.275 e. The number of aryl methyl sites for hydroxylation is 1. The molecular weight excluding hydrogens is 260 g/mol. The van der Waals surface area contributed by atoms with Gasteiger partial charge in [-0.3, -0.25) is 14.8 Å². The summed E-state index contributed by atoms with van der Waals surface area (Å²) in [6, 6.07) is 1.71. The number of hydrogen-bond donors (Lipinski definition) is 1. The first-order chi connectivity index (χ1) is 8.91. The van der Waals surface area contributed by atoms with Crippen molar-refractivity contribution in [2.45, 2.75) is 39.7 Å². The van der Waals surface area contributed by atoms with Gasteiger partial charge in [0.1, 0.15) is 5.69 Å². The Morgan fingerprint density at radius 1 is 1.47 bits per heavy atom. The van der Waals surface area contributed by atoms with Crippen LogP contribution in [0.3, 0.4) is 0 Å². The van der Waals surface area contributed by atoms with Crippen molar-refractivity contribution >= 4 is 22.4 Å². The fourth-order valence-corrected chi connectivity index (χ4v) is 2.55. The van der Waals surface area contributed by atoms with Gasteiger partial charge in [-0.05, 0) is 13.0 Å². The predicted octanol–water partition coefficient (Wildman–Crippen LogP) is 2.91. The second kappa shape index (κ2) is 5.13. The maximum atomic E-state index is 12.1. The van der Waals surface area contributed by atoms with E-state index in [0.717, 1.165) is 5.69 Å². The Balaban J connectivity index is 2.14. The van der Waals surface area contributed by atoms with Crippen molar-refractivity contribution in [3.05, 3.63) is 29.0 Å². The van der Waals surface area contributed by atoms with E-state index in [2.05, 4.69) is 36.2 Å². The molecule has 0 aliphatic carbocycles. The van der Waals surface area contributed by atoms with Crippen molar-refractivity contribution in [3.8, 4) is 0 Å². The van der Waals surface area contributed by atoms with Crippen molar-refractivity contribution in [1.29, 1.82) is 0 Å². The van der Waals surface area contributed by atoms with Gasteiger partial charge in [0.2, 0.25) is 0 Å². The molecule has 5 nitrogen and oxygen atoms in total. The lowest BCUT2D eigenvalue weighted by atomic mass is 9.93. The molecule has 0 unspecified atom stereocenters. The molecule has 6 heteroatoms. The lowest BCUT2D eigenvalue weighted by molar-refractivity contribution is 0.101. The van der Waals surface area contributed by atoms with Crippen LogP contribution in [0.25, 0.3) is 0 Å². The Labute approximate surface area is 116 Å². The lowest BCUT2D eigenvalue weighted by Crippen LogP contribution is -2.18. The minimum Gasteiger partial charge on any atom is -0.296 e. The number of carbonyl (C=O) groups is 1. The fourth-order valence-electron chi connectivity index (χ4n) is 1.61. The highest BCUT2D eigenvalue weighted by Crippen LogP contribution is 2.26. The third-order valence-corrected chi connectivity index (χ3v) is 3.50. The van der Waals surface area contributed by atoms with E-state index in [4.69, 9.17) is 0 Å². The summed E-state index contributed by atoms with van der Waals surface area (Å²) in [4.78, 5) is 16.6. The number of anilines is 1. The average molecular weight is 278 g/mol. The van der Waals surface area contributed by atoms with Crippen LogP contribution in [0, 0.1) is 0 Å². The van der Waals surface area contributed by atoms with E-state index in [0.29, 0.717) is 17.4 Å². The Hall–Kier alpha value is -1.69. The standard InChI is InChI=1S/C13H18N4OS/c1-5-17-9(6-7-14-17)11(18)16-12-15-10(8-19-12)13(2,3)4/h6-8H,5H2,1-4H3,(H,15,16,18). The van der Waals surface area contributed by atoms with Gasteiger partial charge in [-0.25, -0.2) is 4.98 Å². The summed E-state index contributed by atoms with van der Waals surface area (Å²) < 4.78 is 1.66. The van der Waals surface area contributed by atoms with Crippen LogP contribution in [0.4, 0.5) is 5.13 Å². The number of rotatable bonds is 3. The third kappa shape index (κ3) is 3.01. The summed E-state index contributed by atoms with van der Waals surface area (Å²) in [5.41, 5.74) is 1.52. The predicted molar refractivity (Wildman–Crippen MR) is 76.7 cm³/mol. The SMILES string of the molecule is CCn1nccc1C(=O)Nc1nc(C(C)(C)C)cs1. The molecule has 0 aliphatic rings. The second-order valence-electron chi connectivity index (χ2n) is 5.27. The zero-order chi connectivity index (χ0) is 14.0. The molecule has 2 aromatic heterocycles. The minimum atomic E-state index is -0.172. The van der Waals surface area contributed by atoms with E-state index in [1.54, 1.807) is 16.9 Å². The average Bonchev–Trinajstić information content (AvgIpc) is 2.95. The van der Waals surface area contributed by atoms with Crippen molar-refractivity contribution in [2.75, 3.05) is 5.32 Å². The molecule has 102 valence electrons. The largest absolute Gasteiger partial charge is 0.296 e. The van der Waals surface area contributed by atoms with Crippen LogP contribution in [-0.2, 0) is 12.0 Å². The topological polar surface area (TPSA) is 59.8 Å². The highest BCUT2D eigenvalue weighted by molar-refractivity contribution is 7.14. The Morgan fingerprint density at radius 2 is 2.21 bits per heavy atom. The molecule has 0 saturated heterocycles. The smallest absolute Gasteiger partial charge is 0.275 e. The molecule has 0 bridgehead atoms. The molecule has 2 aromatic rings. The molecule has 0 atom stereocenters. The van der Waals surface area contributed by atoms with Crippen molar-refractivity contribution < 1.29 is 4.79 Å². The quantitative estimate of drug-likeness (QED) is 0.939. The summed E-state index contributed by atoms with van der Waals surface area (Å²) in [7, 11) is 0. The molecule has 0 aliphatic heterocycles. The highest BCUT2D eigenvalue weighted by Gasteiger charge is 2.19. The van der Waals surface area contributed by atoms with Crippen molar-refractivity contribution in [2.24, 2.45) is 0 Å². The van der Waals surface area contributed by atoms with Gasteiger partial charge in [0.25, 0.3) is 5.91 Å². The monoisotopic (exact) mass is 278 g/mol. The summed E-state index contributed by atoms with van der Waals surface area (Å²) in [5.74, 6) is -0.172. The lowest BCUT2D eigenvalue weighted by Gasteiger charge is -2.14. The van der Waals surface area contributed by atoms with E-state index in [1.165, 1.54) is 11.3 Å². The van der Waals surface area contributed by atoms with Crippen molar-refractivity contribution in [1.82, 2.24) is 14.8 Å². The van der Waals surface area contributed by atoms with Gasteiger partial charge in [0.05, 0.1) is 5.69 Å². The van der Waals surface area contributed by atoms with E-state index >= 15 is 0 Å². The van der Waals surface area contributed by atoms with Crippen LogP contribution in [0.5, 0.6) is 0 Å². The number of thiazole rings is 1. The first-order valence-corrected chi connectivity index (χ1v) is 7.09. The van der Waals surface area contributed by atoms with Crippen molar-refractivity contribution in [3.63, 3.8) is 0 Å². The molecule has 0 radical (unpaired) electrons. The first-order valence-electron chi connectivity index (χ1n) is 6.21. The molecule has 1 N–H and O–H groups in total. The third-order valence-electron chi connectivity index (χ3n) is 2.74. The maximum absolute atomic E-state index is 12.1. The molecule has 0 spiro atoms. The molecule has 0 aromatic carbocycles. The van der Waals surface area contributed by atoms with Gasteiger partial charge in [-0.1, -0.05) is 20.8 Å². The van der Waals surface area contributed by atoms with Gasteiger partial charge < -0.3 is 0 Å². The van der Waals surface area contributed by atoms with Crippen LogP contribution in [0.1, 0.15) is 43.9 Å². The van der Waals surface area contributed by atoms with Crippen LogP contribution in [0.2, 0.25) is 0 Å². The van der Waals surface area contributed by atoms with Crippen LogP contribution < -0.4 is 5.32 Å². The molecule has 0 fully saturated rings. The zero-order valence-electron chi connectivity index (χ0n) is 11.6. The van der Waals surface area contributed by atoms with E-state index < -0.39 is 0 Å². The second-order valence-corrected chi connectivity index (χ2v) is 6.13. The summed E-state index contributed by atoms with van der Waals surface area (Å²) in [5, 5.41) is 9.50. The van der Waals surface area contributed by atoms with Gasteiger partial charge in [0.15, 0.2) is 5.13 Å². The minimum absolute atomic E-state index is 0.00926. The highest BCUT2D eigenvalue weighted by atomic mass is 32.1. The zero-order valence-corrected chi connectivity index (χ0v) is 12.4. The first kappa shape index (κ1) is 13.7. The number of hydrogen-bond acceptors (Lipinski definition) is 4. The van der Waals surface area contributed by atoms with E-state index in [9.17, 15) is 4.79 Å². The van der Waals surface area contributed by atoms with Gasteiger partial charge >= 0.3 is 0 Å². The molecule has 1 amide bonds. The van der Waals surface area contributed by atoms with Crippen LogP contribution >= 0.6 is 11.3 Å². The molecule has 2 rings (SSSR count). The number of amides is 1. The molecule has 0 saturated carbocycles. The fraction of sp³-hybridized carbons (Fsp3) is 0.462. The Kier molecular flexibility index (Phi) is 3.71. The summed E-state index contributed by atoms with van der Waals surface area (Å²) in [6.45, 7) is 8.91. The van der Waals surface area contributed by atoms with Gasteiger partial charge in [0, 0.05) is 23.5 Å². The number of nitrogens with zero attached hydrogens (tertiary/aromatic N) is 3. The van der Waals surface area contributed by atoms with E-state index in [1.807, 2.05) is 12.3 Å². The Bertz CT molecular complexity index is 579. The van der Waals surface area contributed by atoms with E-state index in [-0.39, 0.29) is 11.3 Å². The molecular formula is C13H18N4OS. The summed E-state index contributed by atoms with van der Waals surface area (Å²) in [6.07, 6.45) is 1.63. The molecule has 19 heavy (non-hydrogen) atoms. The normalized spacial score (nSPS) is 11.6. The van der Waals surface area contributed by atoms with Gasteiger partial charge in [-0.15, -0.1) is 11.3 Å². The summed E-state index contributed by atoms with van der Waals surface area (Å²) >= 11 is 1.44. The van der Waals surface area contributed by atoms with Crippen LogP contribution in [0.15, 0.2) is 17.6 Å². The van der Waals surface area contributed by atoms with Gasteiger partial charge in [-0.2, -0.15) is 5.10 Å². The molecule has 2 heterocycles. The Morgan fingerprint density at radius 3 is 2.79 bits per heavy atom. The number of nitrogens with one attached hydrogen (secondary N) is 1. The van der Waals surface area contributed by atoms with Crippen LogP contribution in [-0.4, -0.2) is 20.7 Å². The number of aromatic nitrogens is 3. The number of carbonyl (C=O) groups excluding carboxylic acids is 1.